The summed E-state index contributed by atoms with van der Waals surface area (Å²) in [4.78, 5) is 24.6. The molecule has 0 spiro atoms. The van der Waals surface area contributed by atoms with E-state index in [-0.39, 0.29) is 24.4 Å². The Balaban J connectivity index is 1.53. The average Bonchev–Trinajstić information content (AvgIpc) is 2.78. The van der Waals surface area contributed by atoms with Crippen LogP contribution in [0.15, 0.2) is 78.9 Å². The van der Waals surface area contributed by atoms with E-state index in [9.17, 15) is 9.59 Å². The zero-order valence-electron chi connectivity index (χ0n) is 18.7. The Hall–Kier alpha value is -3.60. The first kappa shape index (κ1) is 23.1. The first-order valence-electron chi connectivity index (χ1n) is 10.6. The first-order chi connectivity index (χ1) is 15.3. The Morgan fingerprint density at radius 1 is 0.844 bits per heavy atom. The number of esters is 2. The van der Waals surface area contributed by atoms with E-state index in [1.165, 1.54) is 6.07 Å². The summed E-state index contributed by atoms with van der Waals surface area (Å²) >= 11 is 0. The van der Waals surface area contributed by atoms with Crippen molar-refractivity contribution in [2.45, 2.75) is 32.6 Å². The largest absolute Gasteiger partial charge is 0.482 e. The second kappa shape index (κ2) is 10.6. The van der Waals surface area contributed by atoms with Crippen LogP contribution in [0.25, 0.3) is 0 Å². The molecule has 0 radical (unpaired) electrons. The number of benzene rings is 3. The van der Waals surface area contributed by atoms with Crippen molar-refractivity contribution < 1.29 is 23.8 Å². The minimum Gasteiger partial charge on any atom is -0.482 e. The minimum absolute atomic E-state index is 0.115. The zero-order valence-corrected chi connectivity index (χ0v) is 18.7. The van der Waals surface area contributed by atoms with Crippen LogP contribution in [-0.2, 0) is 21.4 Å². The monoisotopic (exact) mass is 432 g/mol. The molecule has 0 saturated carbocycles. The molecule has 0 aliphatic heterocycles. The van der Waals surface area contributed by atoms with Gasteiger partial charge in [-0.2, -0.15) is 0 Å². The normalized spacial score (nSPS) is 11.0. The average molecular weight is 433 g/mol. The molecule has 0 heterocycles. The SMILES string of the molecule is CC(C)(C)c1ccccc1OCC(=O)Oc1cccc(C(=O)OCCc2ccccc2)c1. The van der Waals surface area contributed by atoms with Crippen molar-refractivity contribution in [2.75, 3.05) is 13.2 Å². The highest BCUT2D eigenvalue weighted by Gasteiger charge is 2.19. The second-order valence-corrected chi connectivity index (χ2v) is 8.41. The third-order valence-corrected chi connectivity index (χ3v) is 4.81. The topological polar surface area (TPSA) is 61.8 Å². The Kier molecular flexibility index (Phi) is 7.66. The molecule has 3 aromatic carbocycles. The van der Waals surface area contributed by atoms with Crippen LogP contribution < -0.4 is 9.47 Å². The van der Waals surface area contributed by atoms with Crippen molar-refractivity contribution in [1.82, 2.24) is 0 Å². The third-order valence-electron chi connectivity index (χ3n) is 4.81. The Bertz CT molecular complexity index is 1050. The zero-order chi connectivity index (χ0) is 23.0. The van der Waals surface area contributed by atoms with Crippen molar-refractivity contribution in [3.8, 4) is 11.5 Å². The molecular weight excluding hydrogens is 404 g/mol. The lowest BCUT2D eigenvalue weighted by molar-refractivity contribution is -0.136. The van der Waals surface area contributed by atoms with Gasteiger partial charge in [0.1, 0.15) is 11.5 Å². The molecule has 0 N–H and O–H groups in total. The summed E-state index contributed by atoms with van der Waals surface area (Å²) in [6.07, 6.45) is 0.634. The number of rotatable bonds is 8. The van der Waals surface area contributed by atoms with E-state index in [0.29, 0.717) is 17.7 Å². The Morgan fingerprint density at radius 2 is 1.56 bits per heavy atom. The standard InChI is InChI=1S/C27H28O5/c1-27(2,3)23-14-7-8-15-24(23)31-19-25(28)32-22-13-9-12-21(18-22)26(29)30-17-16-20-10-5-4-6-11-20/h4-15,18H,16-17,19H2,1-3H3. The van der Waals surface area contributed by atoms with Gasteiger partial charge in [0, 0.05) is 6.42 Å². The predicted octanol–water partition coefficient (Wildman–Crippen LogP) is 5.37. The van der Waals surface area contributed by atoms with Crippen molar-refractivity contribution >= 4 is 11.9 Å². The number of hydrogen-bond acceptors (Lipinski definition) is 5. The quantitative estimate of drug-likeness (QED) is 0.354. The summed E-state index contributed by atoms with van der Waals surface area (Å²) in [5, 5.41) is 0. The molecule has 32 heavy (non-hydrogen) atoms. The first-order valence-corrected chi connectivity index (χ1v) is 10.6. The number of ether oxygens (including phenoxy) is 3. The van der Waals surface area contributed by atoms with E-state index in [1.807, 2.05) is 54.6 Å². The van der Waals surface area contributed by atoms with E-state index in [0.717, 1.165) is 11.1 Å². The molecule has 0 atom stereocenters. The fraction of sp³-hybridized carbons (Fsp3) is 0.259. The maximum Gasteiger partial charge on any atom is 0.349 e. The summed E-state index contributed by atoms with van der Waals surface area (Å²) in [6, 6.07) is 23.8. The van der Waals surface area contributed by atoms with Gasteiger partial charge in [0.25, 0.3) is 0 Å². The molecule has 5 heteroatoms. The highest BCUT2D eigenvalue weighted by molar-refractivity contribution is 5.90. The van der Waals surface area contributed by atoms with Crippen LogP contribution in [-0.4, -0.2) is 25.2 Å². The van der Waals surface area contributed by atoms with E-state index in [2.05, 4.69) is 20.8 Å². The van der Waals surface area contributed by atoms with Crippen molar-refractivity contribution in [1.29, 1.82) is 0 Å². The summed E-state index contributed by atoms with van der Waals surface area (Å²) in [6.45, 7) is 6.28. The number of carbonyl (C=O) groups excluding carboxylic acids is 2. The molecule has 0 unspecified atom stereocenters. The molecule has 0 aromatic heterocycles. The van der Waals surface area contributed by atoms with Crippen LogP contribution in [0.4, 0.5) is 0 Å². The van der Waals surface area contributed by atoms with Gasteiger partial charge in [0.15, 0.2) is 6.61 Å². The smallest absolute Gasteiger partial charge is 0.349 e. The lowest BCUT2D eigenvalue weighted by atomic mass is 9.86. The van der Waals surface area contributed by atoms with Crippen LogP contribution in [0.3, 0.4) is 0 Å². The van der Waals surface area contributed by atoms with E-state index >= 15 is 0 Å². The predicted molar refractivity (Wildman–Crippen MR) is 123 cm³/mol. The molecule has 5 nitrogen and oxygen atoms in total. The summed E-state index contributed by atoms with van der Waals surface area (Å²) in [5.74, 6) is -0.106. The van der Waals surface area contributed by atoms with Gasteiger partial charge in [-0.3, -0.25) is 0 Å². The summed E-state index contributed by atoms with van der Waals surface area (Å²) in [5.41, 5.74) is 2.31. The summed E-state index contributed by atoms with van der Waals surface area (Å²) < 4.78 is 16.4. The maximum absolute atomic E-state index is 12.3. The maximum atomic E-state index is 12.3. The highest BCUT2D eigenvalue weighted by Crippen LogP contribution is 2.30. The van der Waals surface area contributed by atoms with Gasteiger partial charge in [-0.05, 0) is 40.8 Å². The molecule has 0 fully saturated rings. The molecule has 3 rings (SSSR count). The molecule has 0 aliphatic rings. The van der Waals surface area contributed by atoms with E-state index in [4.69, 9.17) is 14.2 Å². The molecule has 0 saturated heterocycles. The van der Waals surface area contributed by atoms with Gasteiger partial charge in [-0.15, -0.1) is 0 Å². The molecular formula is C27H28O5. The highest BCUT2D eigenvalue weighted by atomic mass is 16.6. The minimum atomic E-state index is -0.552. The van der Waals surface area contributed by atoms with Crippen LogP contribution in [0.5, 0.6) is 11.5 Å². The fourth-order valence-corrected chi connectivity index (χ4v) is 3.19. The molecule has 3 aromatic rings. The van der Waals surface area contributed by atoms with Crippen LogP contribution in [0, 0.1) is 0 Å². The van der Waals surface area contributed by atoms with Gasteiger partial charge < -0.3 is 14.2 Å². The van der Waals surface area contributed by atoms with Gasteiger partial charge in [0.2, 0.25) is 0 Å². The Morgan fingerprint density at radius 3 is 2.31 bits per heavy atom. The summed E-state index contributed by atoms with van der Waals surface area (Å²) in [7, 11) is 0. The van der Waals surface area contributed by atoms with Gasteiger partial charge >= 0.3 is 11.9 Å². The second-order valence-electron chi connectivity index (χ2n) is 8.41. The molecule has 0 aliphatic carbocycles. The molecule has 166 valence electrons. The van der Waals surface area contributed by atoms with Gasteiger partial charge in [-0.25, -0.2) is 9.59 Å². The van der Waals surface area contributed by atoms with E-state index in [1.54, 1.807) is 18.2 Å². The van der Waals surface area contributed by atoms with Gasteiger partial charge in [0.05, 0.1) is 12.2 Å². The lowest BCUT2D eigenvalue weighted by Crippen LogP contribution is -2.20. The van der Waals surface area contributed by atoms with Gasteiger partial charge in [-0.1, -0.05) is 75.4 Å². The number of hydrogen-bond donors (Lipinski definition) is 0. The Labute approximate surface area is 188 Å². The third kappa shape index (κ3) is 6.71. The number of para-hydroxylation sites is 1. The van der Waals surface area contributed by atoms with Crippen LogP contribution >= 0.6 is 0 Å². The molecule has 0 amide bonds. The van der Waals surface area contributed by atoms with Crippen molar-refractivity contribution in [3.05, 3.63) is 95.6 Å². The van der Waals surface area contributed by atoms with Crippen molar-refractivity contribution in [2.24, 2.45) is 0 Å². The van der Waals surface area contributed by atoms with Crippen LogP contribution in [0.1, 0.15) is 42.3 Å². The van der Waals surface area contributed by atoms with Crippen LogP contribution in [0.2, 0.25) is 0 Å². The number of carbonyl (C=O) groups is 2. The fourth-order valence-electron chi connectivity index (χ4n) is 3.19. The lowest BCUT2D eigenvalue weighted by Gasteiger charge is -2.22. The molecule has 0 bridgehead atoms. The van der Waals surface area contributed by atoms with E-state index < -0.39 is 11.9 Å². The van der Waals surface area contributed by atoms with Crippen molar-refractivity contribution in [3.63, 3.8) is 0 Å².